The Morgan fingerprint density at radius 3 is 2.62 bits per heavy atom. The van der Waals surface area contributed by atoms with Gasteiger partial charge in [-0.2, -0.15) is 0 Å². The van der Waals surface area contributed by atoms with Crippen LogP contribution in [0.3, 0.4) is 0 Å². The SMILES string of the molecule is Cc1cnc(N2C[C@@H](O)C[C@@H]2c2ccc(F)cc2)nc1C. The zero-order chi connectivity index (χ0) is 15.0. The molecule has 0 saturated carbocycles. The van der Waals surface area contributed by atoms with E-state index < -0.39 is 6.10 Å². The minimum Gasteiger partial charge on any atom is -0.391 e. The summed E-state index contributed by atoms with van der Waals surface area (Å²) in [6.07, 6.45) is 1.97. The molecule has 1 saturated heterocycles. The molecule has 0 bridgehead atoms. The molecule has 2 atom stereocenters. The average Bonchev–Trinajstić information content (AvgIpc) is 2.85. The summed E-state index contributed by atoms with van der Waals surface area (Å²) < 4.78 is 13.1. The molecule has 0 spiro atoms. The van der Waals surface area contributed by atoms with E-state index in [9.17, 15) is 9.50 Å². The number of aliphatic hydroxyl groups excluding tert-OH is 1. The van der Waals surface area contributed by atoms with Gasteiger partial charge in [-0.1, -0.05) is 12.1 Å². The molecule has 1 N–H and O–H groups in total. The molecule has 110 valence electrons. The van der Waals surface area contributed by atoms with Crippen LogP contribution in [0.25, 0.3) is 0 Å². The molecule has 21 heavy (non-hydrogen) atoms. The molecule has 4 nitrogen and oxygen atoms in total. The summed E-state index contributed by atoms with van der Waals surface area (Å²) in [6, 6.07) is 6.37. The molecule has 0 radical (unpaired) electrons. The summed E-state index contributed by atoms with van der Waals surface area (Å²) >= 11 is 0. The molecule has 1 fully saturated rings. The van der Waals surface area contributed by atoms with Crippen molar-refractivity contribution in [3.63, 3.8) is 0 Å². The highest BCUT2D eigenvalue weighted by Gasteiger charge is 2.33. The van der Waals surface area contributed by atoms with Crippen LogP contribution in [0.2, 0.25) is 0 Å². The van der Waals surface area contributed by atoms with Crippen molar-refractivity contribution in [1.29, 1.82) is 0 Å². The predicted octanol–water partition coefficient (Wildman–Crippen LogP) is 2.54. The number of β-amino-alcohol motifs (C(OH)–C–C–N with tert-alkyl or cyclic N) is 1. The van der Waals surface area contributed by atoms with E-state index >= 15 is 0 Å². The van der Waals surface area contributed by atoms with Crippen LogP contribution < -0.4 is 4.90 Å². The first-order valence-corrected chi connectivity index (χ1v) is 7.05. The summed E-state index contributed by atoms with van der Waals surface area (Å²) in [6.45, 7) is 4.40. The zero-order valence-electron chi connectivity index (χ0n) is 12.1. The first kappa shape index (κ1) is 13.9. The molecule has 1 aromatic carbocycles. The minimum absolute atomic E-state index is 0.0253. The van der Waals surface area contributed by atoms with Crippen LogP contribution >= 0.6 is 0 Å². The number of benzene rings is 1. The van der Waals surface area contributed by atoms with E-state index in [4.69, 9.17) is 0 Å². The minimum atomic E-state index is -0.426. The van der Waals surface area contributed by atoms with Gasteiger partial charge in [0.05, 0.1) is 12.1 Å². The number of aryl methyl sites for hydroxylation is 2. The smallest absolute Gasteiger partial charge is 0.226 e. The first-order valence-electron chi connectivity index (χ1n) is 7.05. The number of halogens is 1. The van der Waals surface area contributed by atoms with Crippen molar-refractivity contribution in [2.24, 2.45) is 0 Å². The van der Waals surface area contributed by atoms with Gasteiger partial charge in [-0.05, 0) is 43.5 Å². The normalized spacial score (nSPS) is 21.8. The molecule has 2 heterocycles. The van der Waals surface area contributed by atoms with Gasteiger partial charge in [-0.15, -0.1) is 0 Å². The second-order valence-electron chi connectivity index (χ2n) is 5.55. The van der Waals surface area contributed by atoms with Gasteiger partial charge in [0.2, 0.25) is 5.95 Å². The van der Waals surface area contributed by atoms with E-state index in [0.29, 0.717) is 18.9 Å². The lowest BCUT2D eigenvalue weighted by Gasteiger charge is -2.25. The van der Waals surface area contributed by atoms with Crippen LogP contribution in [0.4, 0.5) is 10.3 Å². The number of anilines is 1. The monoisotopic (exact) mass is 287 g/mol. The van der Waals surface area contributed by atoms with E-state index in [-0.39, 0.29) is 11.9 Å². The van der Waals surface area contributed by atoms with Crippen molar-refractivity contribution >= 4 is 5.95 Å². The molecule has 5 heteroatoms. The van der Waals surface area contributed by atoms with E-state index in [2.05, 4.69) is 9.97 Å². The maximum Gasteiger partial charge on any atom is 0.226 e. The molecular weight excluding hydrogens is 269 g/mol. The van der Waals surface area contributed by atoms with E-state index in [1.54, 1.807) is 18.3 Å². The fraction of sp³-hybridized carbons (Fsp3) is 0.375. The Hall–Kier alpha value is -2.01. The first-order chi connectivity index (χ1) is 10.0. The lowest BCUT2D eigenvalue weighted by Crippen LogP contribution is -2.26. The number of aromatic nitrogens is 2. The van der Waals surface area contributed by atoms with E-state index in [0.717, 1.165) is 16.8 Å². The average molecular weight is 287 g/mol. The van der Waals surface area contributed by atoms with Crippen molar-refractivity contribution < 1.29 is 9.50 Å². The molecular formula is C16H18FN3O. The fourth-order valence-electron chi connectivity index (χ4n) is 2.69. The molecule has 0 amide bonds. The quantitative estimate of drug-likeness (QED) is 0.922. The Balaban J connectivity index is 1.95. The largest absolute Gasteiger partial charge is 0.391 e. The zero-order valence-corrected chi connectivity index (χ0v) is 12.1. The topological polar surface area (TPSA) is 49.2 Å². The Morgan fingerprint density at radius 1 is 1.24 bits per heavy atom. The third-order valence-electron chi connectivity index (χ3n) is 4.00. The molecule has 2 aromatic rings. The van der Waals surface area contributed by atoms with Gasteiger partial charge in [-0.3, -0.25) is 0 Å². The van der Waals surface area contributed by atoms with Crippen LogP contribution in [0, 0.1) is 19.7 Å². The summed E-state index contributed by atoms with van der Waals surface area (Å²) in [5.74, 6) is 0.357. The van der Waals surface area contributed by atoms with E-state index in [1.165, 1.54) is 12.1 Å². The highest BCUT2D eigenvalue weighted by molar-refractivity contribution is 5.40. The molecule has 0 aliphatic carbocycles. The van der Waals surface area contributed by atoms with Crippen LogP contribution in [0.15, 0.2) is 30.5 Å². The van der Waals surface area contributed by atoms with Gasteiger partial charge < -0.3 is 10.0 Å². The van der Waals surface area contributed by atoms with Crippen LogP contribution in [-0.4, -0.2) is 27.7 Å². The number of rotatable bonds is 2. The number of hydrogen-bond acceptors (Lipinski definition) is 4. The number of nitrogens with zero attached hydrogens (tertiary/aromatic N) is 3. The molecule has 1 aliphatic rings. The maximum absolute atomic E-state index is 13.1. The lowest BCUT2D eigenvalue weighted by atomic mass is 10.0. The van der Waals surface area contributed by atoms with Crippen molar-refractivity contribution in [2.45, 2.75) is 32.4 Å². The Bertz CT molecular complexity index is 644. The fourth-order valence-corrected chi connectivity index (χ4v) is 2.69. The van der Waals surface area contributed by atoms with Gasteiger partial charge in [0.25, 0.3) is 0 Å². The summed E-state index contributed by atoms with van der Waals surface area (Å²) in [5.41, 5.74) is 2.94. The second kappa shape index (κ2) is 5.41. The molecule has 1 aromatic heterocycles. The highest BCUT2D eigenvalue weighted by Crippen LogP contribution is 2.34. The standard InChI is InChI=1S/C16H18FN3O/c1-10-8-18-16(19-11(10)2)20-9-14(21)7-15(20)12-3-5-13(17)6-4-12/h3-6,8,14-15,21H,7,9H2,1-2H3/t14-,15+/m0/s1. The van der Waals surface area contributed by atoms with Crippen molar-refractivity contribution in [3.8, 4) is 0 Å². The Morgan fingerprint density at radius 2 is 1.95 bits per heavy atom. The van der Waals surface area contributed by atoms with Crippen molar-refractivity contribution in [2.75, 3.05) is 11.4 Å². The molecule has 0 unspecified atom stereocenters. The van der Waals surface area contributed by atoms with Crippen LogP contribution in [-0.2, 0) is 0 Å². The molecule has 3 rings (SSSR count). The van der Waals surface area contributed by atoms with Crippen molar-refractivity contribution in [1.82, 2.24) is 9.97 Å². The third-order valence-corrected chi connectivity index (χ3v) is 4.00. The van der Waals surface area contributed by atoms with Gasteiger partial charge in [0.15, 0.2) is 0 Å². The Kier molecular flexibility index (Phi) is 3.59. The summed E-state index contributed by atoms with van der Waals surface area (Å²) in [4.78, 5) is 10.9. The predicted molar refractivity (Wildman–Crippen MR) is 78.6 cm³/mol. The lowest BCUT2D eigenvalue weighted by molar-refractivity contribution is 0.194. The van der Waals surface area contributed by atoms with Gasteiger partial charge in [0.1, 0.15) is 5.82 Å². The highest BCUT2D eigenvalue weighted by atomic mass is 19.1. The van der Waals surface area contributed by atoms with Crippen LogP contribution in [0.1, 0.15) is 29.3 Å². The third kappa shape index (κ3) is 2.74. The number of hydrogen-bond donors (Lipinski definition) is 1. The van der Waals surface area contributed by atoms with Crippen molar-refractivity contribution in [3.05, 3.63) is 53.1 Å². The van der Waals surface area contributed by atoms with E-state index in [1.807, 2.05) is 18.7 Å². The molecule has 1 aliphatic heterocycles. The summed E-state index contributed by atoms with van der Waals surface area (Å²) in [5, 5.41) is 10.00. The number of aliphatic hydroxyl groups is 1. The van der Waals surface area contributed by atoms with Gasteiger partial charge >= 0.3 is 0 Å². The van der Waals surface area contributed by atoms with Gasteiger partial charge in [0, 0.05) is 18.4 Å². The maximum atomic E-state index is 13.1. The van der Waals surface area contributed by atoms with Gasteiger partial charge in [-0.25, -0.2) is 14.4 Å². The Labute approximate surface area is 123 Å². The van der Waals surface area contributed by atoms with Crippen LogP contribution in [0.5, 0.6) is 0 Å². The summed E-state index contributed by atoms with van der Waals surface area (Å²) in [7, 11) is 0. The second-order valence-corrected chi connectivity index (χ2v) is 5.55.